The molecule has 1 heterocycles. The Labute approximate surface area is 178 Å². The molecule has 0 unspecified atom stereocenters. The highest BCUT2D eigenvalue weighted by Gasteiger charge is 2.36. The van der Waals surface area contributed by atoms with Crippen LogP contribution in [0.2, 0.25) is 0 Å². The molecule has 3 rings (SSSR count). The van der Waals surface area contributed by atoms with Gasteiger partial charge in [0.15, 0.2) is 9.84 Å². The minimum atomic E-state index is -4.87. The van der Waals surface area contributed by atoms with Crippen LogP contribution in [0.1, 0.15) is 5.82 Å². The maximum atomic E-state index is 14.6. The van der Waals surface area contributed by atoms with Crippen molar-refractivity contribution in [3.63, 3.8) is 0 Å². The van der Waals surface area contributed by atoms with Crippen molar-refractivity contribution >= 4 is 41.7 Å². The van der Waals surface area contributed by atoms with Crippen molar-refractivity contribution in [1.29, 1.82) is 0 Å². The number of H-pyrrole nitrogens is 1. The van der Waals surface area contributed by atoms with Gasteiger partial charge >= 0.3 is 6.18 Å². The van der Waals surface area contributed by atoms with Gasteiger partial charge in [-0.2, -0.15) is 13.2 Å². The third-order valence-corrected chi connectivity index (χ3v) is 6.85. The lowest BCUT2D eigenvalue weighted by molar-refractivity contribution is -0.144. The van der Waals surface area contributed by atoms with Crippen LogP contribution in [0.25, 0.3) is 22.5 Å². The highest BCUT2D eigenvalue weighted by Crippen LogP contribution is 2.39. The largest absolute Gasteiger partial charge is 0.449 e. The first-order valence-electron chi connectivity index (χ1n) is 7.61. The Morgan fingerprint density at radius 2 is 1.66 bits per heavy atom. The van der Waals surface area contributed by atoms with E-state index in [1.807, 2.05) is 4.98 Å². The highest BCUT2D eigenvalue weighted by molar-refractivity contribution is 9.13. The molecule has 4 nitrogen and oxygen atoms in total. The Morgan fingerprint density at radius 1 is 1.00 bits per heavy atom. The normalized spacial score (nSPS) is 12.4. The quantitative estimate of drug-likeness (QED) is 0.402. The van der Waals surface area contributed by atoms with Gasteiger partial charge in [-0.1, -0.05) is 6.07 Å². The highest BCUT2D eigenvalue weighted by atomic mass is 79.9. The van der Waals surface area contributed by atoms with Gasteiger partial charge in [0.25, 0.3) is 0 Å². The third-order valence-electron chi connectivity index (χ3n) is 3.86. The van der Waals surface area contributed by atoms with Crippen molar-refractivity contribution in [3.8, 4) is 22.5 Å². The van der Waals surface area contributed by atoms with E-state index in [0.29, 0.717) is 27.3 Å². The van der Waals surface area contributed by atoms with E-state index < -0.39 is 49.6 Å². The molecule has 0 aliphatic heterocycles. The predicted molar refractivity (Wildman–Crippen MR) is 103 cm³/mol. The van der Waals surface area contributed by atoms with Gasteiger partial charge in [-0.3, -0.25) is 0 Å². The van der Waals surface area contributed by atoms with E-state index in [1.165, 1.54) is 18.2 Å². The van der Waals surface area contributed by atoms with E-state index in [1.54, 1.807) is 0 Å². The van der Waals surface area contributed by atoms with Gasteiger partial charge in [-0.25, -0.2) is 22.2 Å². The summed E-state index contributed by atoms with van der Waals surface area (Å²) in [5.74, 6) is -3.93. The van der Waals surface area contributed by atoms with Gasteiger partial charge < -0.3 is 4.98 Å². The summed E-state index contributed by atoms with van der Waals surface area (Å²) in [6.45, 7) is 0. The number of aromatic nitrogens is 2. The second-order valence-electron chi connectivity index (χ2n) is 5.97. The molecule has 0 amide bonds. The number of nitrogens with zero attached hydrogens (tertiary/aromatic N) is 1. The summed E-state index contributed by atoms with van der Waals surface area (Å²) in [6, 6.07) is 5.37. The van der Waals surface area contributed by atoms with Crippen LogP contribution in [-0.2, 0) is 16.0 Å². The first-order valence-corrected chi connectivity index (χ1v) is 11.1. The van der Waals surface area contributed by atoms with E-state index in [9.17, 15) is 30.4 Å². The number of imidazole rings is 1. The molecule has 0 aliphatic rings. The summed E-state index contributed by atoms with van der Waals surface area (Å²) in [5, 5.41) is 0. The second-order valence-corrected chi connectivity index (χ2v) is 9.66. The maximum absolute atomic E-state index is 14.6. The lowest BCUT2D eigenvalue weighted by atomic mass is 10.0. The molecule has 1 N–H and O–H groups in total. The van der Waals surface area contributed by atoms with Crippen molar-refractivity contribution in [2.75, 3.05) is 6.26 Å². The van der Waals surface area contributed by atoms with E-state index in [4.69, 9.17) is 0 Å². The average molecular weight is 560 g/mol. The number of sulfone groups is 1. The number of aromatic amines is 1. The molecule has 0 radical (unpaired) electrons. The molecule has 154 valence electrons. The first kappa shape index (κ1) is 21.9. The first-order chi connectivity index (χ1) is 13.3. The molecular formula is C17H9Br2F5N2O2S. The molecule has 0 spiro atoms. The zero-order chi connectivity index (χ0) is 21.7. The van der Waals surface area contributed by atoms with Crippen LogP contribution in [-0.4, -0.2) is 24.6 Å². The Morgan fingerprint density at radius 3 is 2.21 bits per heavy atom. The Balaban J connectivity index is 2.30. The van der Waals surface area contributed by atoms with E-state index >= 15 is 0 Å². The van der Waals surface area contributed by atoms with Gasteiger partial charge in [-0.15, -0.1) is 0 Å². The number of hydrogen-bond acceptors (Lipinski definition) is 3. The summed E-state index contributed by atoms with van der Waals surface area (Å²) in [4.78, 5) is 4.59. The fourth-order valence-electron chi connectivity index (χ4n) is 2.56. The average Bonchev–Trinajstić information content (AvgIpc) is 3.03. The van der Waals surface area contributed by atoms with Gasteiger partial charge in [0, 0.05) is 26.3 Å². The van der Waals surface area contributed by atoms with Crippen molar-refractivity contribution in [1.82, 2.24) is 9.97 Å². The fourth-order valence-corrected chi connectivity index (χ4v) is 3.92. The summed E-state index contributed by atoms with van der Waals surface area (Å²) >= 11 is 6.45. The standard InChI is InChI=1S/C17H9Br2F5N2O2S/c1-29(27,28)13-6-11(20)8(5-12(13)21)15-14(25-16(26-15)17(22,23)24)7-2-3-9(18)10(19)4-7/h2-6H,1H3,(H,25,26). The molecule has 12 heteroatoms. The van der Waals surface area contributed by atoms with Gasteiger partial charge in [0.05, 0.1) is 11.4 Å². The zero-order valence-corrected chi connectivity index (χ0v) is 18.2. The van der Waals surface area contributed by atoms with Crippen molar-refractivity contribution < 1.29 is 30.4 Å². The van der Waals surface area contributed by atoms with E-state index in [0.717, 1.165) is 0 Å². The summed E-state index contributed by atoms with van der Waals surface area (Å²) < 4.78 is 92.7. The van der Waals surface area contributed by atoms with E-state index in [2.05, 4.69) is 36.8 Å². The van der Waals surface area contributed by atoms with Gasteiger partial charge in [0.1, 0.15) is 16.5 Å². The third kappa shape index (κ3) is 4.38. The Bertz CT molecular complexity index is 1220. The molecular weight excluding hydrogens is 551 g/mol. The Hall–Kier alpha value is -1.79. The minimum Gasteiger partial charge on any atom is -0.334 e. The summed E-state index contributed by atoms with van der Waals surface area (Å²) in [5.41, 5.74) is -1.13. The number of alkyl halides is 3. The lowest BCUT2D eigenvalue weighted by Crippen LogP contribution is -2.07. The molecule has 0 saturated heterocycles. The SMILES string of the molecule is CS(=O)(=O)c1cc(F)c(-c2[nH]c(C(F)(F)F)nc2-c2ccc(Br)c(Br)c2)cc1F. The van der Waals surface area contributed by atoms with Crippen LogP contribution in [0, 0.1) is 11.6 Å². The van der Waals surface area contributed by atoms with Crippen molar-refractivity contribution in [2.45, 2.75) is 11.1 Å². The topological polar surface area (TPSA) is 62.8 Å². The molecule has 2 aromatic carbocycles. The van der Waals surface area contributed by atoms with Crippen molar-refractivity contribution in [2.24, 2.45) is 0 Å². The minimum absolute atomic E-state index is 0.189. The number of halogens is 7. The zero-order valence-electron chi connectivity index (χ0n) is 14.2. The summed E-state index contributed by atoms with van der Waals surface area (Å²) in [7, 11) is -4.08. The summed E-state index contributed by atoms with van der Waals surface area (Å²) in [6.07, 6.45) is -4.19. The molecule has 0 aliphatic carbocycles. The van der Waals surface area contributed by atoms with Crippen LogP contribution in [0.3, 0.4) is 0 Å². The molecule has 1 aromatic heterocycles. The van der Waals surface area contributed by atoms with Crippen LogP contribution in [0.15, 0.2) is 44.2 Å². The van der Waals surface area contributed by atoms with Crippen LogP contribution < -0.4 is 0 Å². The van der Waals surface area contributed by atoms with Crippen LogP contribution in [0.5, 0.6) is 0 Å². The fraction of sp³-hybridized carbons (Fsp3) is 0.118. The molecule has 0 bridgehead atoms. The number of nitrogens with one attached hydrogen (secondary N) is 1. The lowest BCUT2D eigenvalue weighted by Gasteiger charge is -2.08. The predicted octanol–water partition coefficient (Wildman–Crippen LogP) is 5.97. The maximum Gasteiger partial charge on any atom is 0.449 e. The second kappa shape index (κ2) is 7.47. The van der Waals surface area contributed by atoms with Crippen molar-refractivity contribution in [3.05, 3.63) is 56.7 Å². The molecule has 0 atom stereocenters. The number of hydrogen-bond donors (Lipinski definition) is 1. The molecule has 0 saturated carbocycles. The monoisotopic (exact) mass is 558 g/mol. The van der Waals surface area contributed by atoms with E-state index in [-0.39, 0.29) is 11.3 Å². The molecule has 3 aromatic rings. The number of benzene rings is 2. The van der Waals surface area contributed by atoms with Crippen LogP contribution >= 0.6 is 31.9 Å². The van der Waals surface area contributed by atoms with Gasteiger partial charge in [0.2, 0.25) is 5.82 Å². The molecule has 0 fully saturated rings. The Kier molecular flexibility index (Phi) is 5.65. The molecule has 29 heavy (non-hydrogen) atoms. The smallest absolute Gasteiger partial charge is 0.334 e. The van der Waals surface area contributed by atoms with Gasteiger partial charge in [-0.05, 0) is 56.1 Å². The van der Waals surface area contributed by atoms with Crippen LogP contribution in [0.4, 0.5) is 22.0 Å². The number of rotatable bonds is 3.